The van der Waals surface area contributed by atoms with Gasteiger partial charge in [-0.25, -0.2) is 0 Å². The van der Waals surface area contributed by atoms with E-state index in [1.807, 2.05) is 6.92 Å². The first-order valence-corrected chi connectivity index (χ1v) is 7.49. The lowest BCUT2D eigenvalue weighted by Crippen LogP contribution is -2.20. The SMILES string of the molecule is CCOc1ccc(OCC(=O)Nc2ccc(OC)c(Cl)c2)cc1. The standard InChI is InChI=1S/C17H18ClNO4/c1-3-22-13-5-7-14(8-6-13)23-11-17(20)19-12-4-9-16(21-2)15(18)10-12/h4-10H,3,11H2,1-2H3,(H,19,20). The van der Waals surface area contributed by atoms with Crippen LogP contribution in [0.2, 0.25) is 5.02 Å². The fourth-order valence-corrected chi connectivity index (χ4v) is 2.15. The smallest absolute Gasteiger partial charge is 0.262 e. The van der Waals surface area contributed by atoms with E-state index in [1.165, 1.54) is 7.11 Å². The Balaban J connectivity index is 1.86. The van der Waals surface area contributed by atoms with Crippen molar-refractivity contribution >= 4 is 23.2 Å². The van der Waals surface area contributed by atoms with E-state index in [0.717, 1.165) is 5.75 Å². The molecule has 1 N–H and O–H groups in total. The van der Waals surface area contributed by atoms with Crippen LogP contribution in [-0.4, -0.2) is 26.2 Å². The number of ether oxygens (including phenoxy) is 3. The van der Waals surface area contributed by atoms with E-state index < -0.39 is 0 Å². The summed E-state index contributed by atoms with van der Waals surface area (Å²) in [6.45, 7) is 2.42. The molecule has 0 aliphatic rings. The molecule has 0 aromatic heterocycles. The number of halogens is 1. The van der Waals surface area contributed by atoms with Gasteiger partial charge in [0.15, 0.2) is 6.61 Å². The third kappa shape index (κ3) is 5.07. The summed E-state index contributed by atoms with van der Waals surface area (Å²) in [6.07, 6.45) is 0. The van der Waals surface area contributed by atoms with Gasteiger partial charge in [-0.05, 0) is 49.4 Å². The Kier molecular flexibility index (Phi) is 6.11. The number of benzene rings is 2. The van der Waals surface area contributed by atoms with Crippen molar-refractivity contribution in [3.05, 3.63) is 47.5 Å². The van der Waals surface area contributed by atoms with Crippen molar-refractivity contribution in [3.8, 4) is 17.2 Å². The fraction of sp³-hybridized carbons (Fsp3) is 0.235. The van der Waals surface area contributed by atoms with Gasteiger partial charge in [-0.3, -0.25) is 4.79 Å². The third-order valence-electron chi connectivity index (χ3n) is 2.94. The molecule has 0 bridgehead atoms. The van der Waals surface area contributed by atoms with Crippen molar-refractivity contribution in [3.63, 3.8) is 0 Å². The molecular formula is C17H18ClNO4. The molecular weight excluding hydrogens is 318 g/mol. The number of amides is 1. The Morgan fingerprint density at radius 1 is 1.09 bits per heavy atom. The lowest BCUT2D eigenvalue weighted by molar-refractivity contribution is -0.118. The van der Waals surface area contributed by atoms with Crippen LogP contribution in [0.25, 0.3) is 0 Å². The Morgan fingerprint density at radius 3 is 2.30 bits per heavy atom. The molecule has 0 radical (unpaired) electrons. The first-order valence-electron chi connectivity index (χ1n) is 7.11. The van der Waals surface area contributed by atoms with Gasteiger partial charge in [-0.1, -0.05) is 11.6 Å². The van der Waals surface area contributed by atoms with Gasteiger partial charge in [-0.15, -0.1) is 0 Å². The third-order valence-corrected chi connectivity index (χ3v) is 3.24. The Hall–Kier alpha value is -2.40. The zero-order valence-corrected chi connectivity index (χ0v) is 13.7. The van der Waals surface area contributed by atoms with E-state index >= 15 is 0 Å². The van der Waals surface area contributed by atoms with Gasteiger partial charge in [-0.2, -0.15) is 0 Å². The second-order valence-electron chi connectivity index (χ2n) is 4.59. The van der Waals surface area contributed by atoms with E-state index in [9.17, 15) is 4.79 Å². The van der Waals surface area contributed by atoms with Crippen molar-refractivity contribution < 1.29 is 19.0 Å². The molecule has 122 valence electrons. The molecule has 2 rings (SSSR count). The summed E-state index contributed by atoms with van der Waals surface area (Å²) >= 11 is 6.01. The second-order valence-corrected chi connectivity index (χ2v) is 5.00. The highest BCUT2D eigenvalue weighted by molar-refractivity contribution is 6.32. The molecule has 0 aliphatic carbocycles. The molecule has 2 aromatic rings. The van der Waals surface area contributed by atoms with Gasteiger partial charge in [0, 0.05) is 5.69 Å². The number of carbonyl (C=O) groups excluding carboxylic acids is 1. The lowest BCUT2D eigenvalue weighted by atomic mass is 10.3. The fourth-order valence-electron chi connectivity index (χ4n) is 1.89. The number of hydrogen-bond donors (Lipinski definition) is 1. The highest BCUT2D eigenvalue weighted by Crippen LogP contribution is 2.27. The van der Waals surface area contributed by atoms with Crippen LogP contribution in [0, 0.1) is 0 Å². The van der Waals surface area contributed by atoms with Crippen molar-refractivity contribution in [1.29, 1.82) is 0 Å². The van der Waals surface area contributed by atoms with Crippen LogP contribution in [-0.2, 0) is 4.79 Å². The van der Waals surface area contributed by atoms with Gasteiger partial charge in [0.05, 0.1) is 18.7 Å². The molecule has 0 fully saturated rings. The number of carbonyl (C=O) groups is 1. The Labute approximate surface area is 140 Å². The Morgan fingerprint density at radius 2 is 1.74 bits per heavy atom. The first kappa shape index (κ1) is 17.0. The van der Waals surface area contributed by atoms with Crippen molar-refractivity contribution in [2.24, 2.45) is 0 Å². The van der Waals surface area contributed by atoms with Crippen LogP contribution in [0.15, 0.2) is 42.5 Å². The van der Waals surface area contributed by atoms with Crippen LogP contribution in [0.1, 0.15) is 6.92 Å². The van der Waals surface area contributed by atoms with E-state index in [4.69, 9.17) is 25.8 Å². The number of anilines is 1. The maximum Gasteiger partial charge on any atom is 0.262 e. The van der Waals surface area contributed by atoms with Gasteiger partial charge >= 0.3 is 0 Å². The predicted octanol–water partition coefficient (Wildman–Crippen LogP) is 3.76. The normalized spacial score (nSPS) is 10.0. The number of methoxy groups -OCH3 is 1. The molecule has 5 nitrogen and oxygen atoms in total. The van der Waals surface area contributed by atoms with Crippen LogP contribution in [0.4, 0.5) is 5.69 Å². The predicted molar refractivity (Wildman–Crippen MR) is 89.7 cm³/mol. The van der Waals surface area contributed by atoms with Gasteiger partial charge in [0.2, 0.25) is 0 Å². The zero-order valence-electron chi connectivity index (χ0n) is 13.0. The molecule has 1 amide bonds. The number of nitrogens with one attached hydrogen (secondary N) is 1. The topological polar surface area (TPSA) is 56.8 Å². The average molecular weight is 336 g/mol. The van der Waals surface area contributed by atoms with Crippen LogP contribution >= 0.6 is 11.6 Å². The summed E-state index contributed by atoms with van der Waals surface area (Å²) in [4.78, 5) is 11.9. The van der Waals surface area contributed by atoms with Gasteiger partial charge in [0.25, 0.3) is 5.91 Å². The molecule has 23 heavy (non-hydrogen) atoms. The van der Waals surface area contributed by atoms with Crippen LogP contribution < -0.4 is 19.5 Å². The molecule has 6 heteroatoms. The van der Waals surface area contributed by atoms with E-state index in [1.54, 1.807) is 42.5 Å². The highest BCUT2D eigenvalue weighted by Gasteiger charge is 2.07. The van der Waals surface area contributed by atoms with Crippen LogP contribution in [0.5, 0.6) is 17.2 Å². The summed E-state index contributed by atoms with van der Waals surface area (Å²) < 4.78 is 15.8. The van der Waals surface area contributed by atoms with Gasteiger partial charge < -0.3 is 19.5 Å². The largest absolute Gasteiger partial charge is 0.495 e. The first-order chi connectivity index (χ1) is 11.1. The minimum atomic E-state index is -0.278. The van der Waals surface area contributed by atoms with Crippen molar-refractivity contribution in [2.45, 2.75) is 6.92 Å². The minimum absolute atomic E-state index is 0.0996. The maximum atomic E-state index is 11.9. The molecule has 0 heterocycles. The average Bonchev–Trinajstić information content (AvgIpc) is 2.55. The lowest BCUT2D eigenvalue weighted by Gasteiger charge is -2.10. The summed E-state index contributed by atoms with van der Waals surface area (Å²) in [6, 6.07) is 12.1. The molecule has 0 saturated carbocycles. The molecule has 0 atom stereocenters. The molecule has 2 aromatic carbocycles. The van der Waals surface area contributed by atoms with Crippen LogP contribution in [0.3, 0.4) is 0 Å². The molecule has 0 saturated heterocycles. The summed E-state index contributed by atoms with van der Waals surface area (Å²) in [5, 5.41) is 3.14. The Bertz CT molecular complexity index is 658. The molecule has 0 spiro atoms. The summed E-state index contributed by atoms with van der Waals surface area (Å²) in [5.41, 5.74) is 0.580. The molecule has 0 unspecified atom stereocenters. The van der Waals surface area contributed by atoms with E-state index in [0.29, 0.717) is 28.8 Å². The second kappa shape index (κ2) is 8.29. The zero-order chi connectivity index (χ0) is 16.7. The number of rotatable bonds is 7. The number of hydrogen-bond acceptors (Lipinski definition) is 4. The maximum absolute atomic E-state index is 11.9. The van der Waals surface area contributed by atoms with E-state index in [2.05, 4.69) is 5.32 Å². The quantitative estimate of drug-likeness (QED) is 0.837. The van der Waals surface area contributed by atoms with Gasteiger partial charge in [0.1, 0.15) is 17.2 Å². The van der Waals surface area contributed by atoms with E-state index in [-0.39, 0.29) is 12.5 Å². The summed E-state index contributed by atoms with van der Waals surface area (Å²) in [5.74, 6) is 1.63. The molecule has 0 aliphatic heterocycles. The highest BCUT2D eigenvalue weighted by atomic mass is 35.5. The summed E-state index contributed by atoms with van der Waals surface area (Å²) in [7, 11) is 1.53. The van der Waals surface area contributed by atoms with Crippen molar-refractivity contribution in [2.75, 3.05) is 25.6 Å². The van der Waals surface area contributed by atoms with Crippen molar-refractivity contribution in [1.82, 2.24) is 0 Å². The minimum Gasteiger partial charge on any atom is -0.495 e. The monoisotopic (exact) mass is 335 g/mol.